The standard InChI is InChI=1S/C11H18N4O/c1-11(2,3)6-15-10-8(9(13)16)4-7(12)5-14-10/h4-5H,6,12H2,1-3H3,(H2,13,16)(H,14,15). The summed E-state index contributed by atoms with van der Waals surface area (Å²) in [6.07, 6.45) is 1.50. The summed E-state index contributed by atoms with van der Waals surface area (Å²) >= 11 is 0. The molecule has 0 aliphatic carbocycles. The van der Waals surface area contributed by atoms with Gasteiger partial charge < -0.3 is 16.8 Å². The first-order valence-electron chi connectivity index (χ1n) is 5.09. The van der Waals surface area contributed by atoms with Crippen LogP contribution in [0.2, 0.25) is 0 Å². The van der Waals surface area contributed by atoms with Crippen LogP contribution in [-0.2, 0) is 0 Å². The van der Waals surface area contributed by atoms with E-state index < -0.39 is 5.91 Å². The third-order valence-electron chi connectivity index (χ3n) is 1.96. The highest BCUT2D eigenvalue weighted by Crippen LogP contribution is 2.18. The minimum Gasteiger partial charge on any atom is -0.397 e. The summed E-state index contributed by atoms with van der Waals surface area (Å²) in [5.74, 6) is -0.0483. The molecule has 0 bridgehead atoms. The van der Waals surface area contributed by atoms with Crippen molar-refractivity contribution in [2.45, 2.75) is 20.8 Å². The molecule has 0 atom stereocenters. The van der Waals surface area contributed by atoms with Crippen molar-refractivity contribution < 1.29 is 4.79 Å². The second-order valence-electron chi connectivity index (χ2n) is 4.94. The first-order valence-corrected chi connectivity index (χ1v) is 5.09. The Hall–Kier alpha value is -1.78. The van der Waals surface area contributed by atoms with Gasteiger partial charge in [-0.25, -0.2) is 4.98 Å². The van der Waals surface area contributed by atoms with E-state index >= 15 is 0 Å². The quantitative estimate of drug-likeness (QED) is 0.716. The number of carbonyl (C=O) groups excluding carboxylic acids is 1. The highest BCUT2D eigenvalue weighted by atomic mass is 16.1. The van der Waals surface area contributed by atoms with Crippen molar-refractivity contribution in [2.24, 2.45) is 11.1 Å². The van der Waals surface area contributed by atoms with Crippen LogP contribution in [0, 0.1) is 5.41 Å². The largest absolute Gasteiger partial charge is 0.397 e. The molecule has 1 aromatic heterocycles. The van der Waals surface area contributed by atoms with Gasteiger partial charge in [-0.05, 0) is 11.5 Å². The van der Waals surface area contributed by atoms with E-state index in [1.54, 1.807) is 0 Å². The Morgan fingerprint density at radius 1 is 1.50 bits per heavy atom. The first kappa shape index (κ1) is 12.3. The number of pyridine rings is 1. The number of hydrogen-bond acceptors (Lipinski definition) is 4. The van der Waals surface area contributed by atoms with Crippen LogP contribution in [0.3, 0.4) is 0 Å². The van der Waals surface area contributed by atoms with Crippen molar-refractivity contribution in [1.82, 2.24) is 4.98 Å². The van der Waals surface area contributed by atoms with E-state index in [-0.39, 0.29) is 5.41 Å². The molecule has 0 saturated heterocycles. The Labute approximate surface area is 95.2 Å². The molecule has 5 nitrogen and oxygen atoms in total. The highest BCUT2D eigenvalue weighted by molar-refractivity contribution is 5.98. The van der Waals surface area contributed by atoms with Gasteiger partial charge in [0.15, 0.2) is 0 Å². The smallest absolute Gasteiger partial charge is 0.252 e. The van der Waals surface area contributed by atoms with Crippen LogP contribution in [0.25, 0.3) is 0 Å². The number of hydrogen-bond donors (Lipinski definition) is 3. The molecule has 16 heavy (non-hydrogen) atoms. The average Bonchev–Trinajstić information content (AvgIpc) is 2.14. The van der Waals surface area contributed by atoms with Crippen LogP contribution in [0.1, 0.15) is 31.1 Å². The molecule has 0 spiro atoms. The van der Waals surface area contributed by atoms with E-state index in [0.717, 1.165) is 0 Å². The first-order chi connectivity index (χ1) is 7.29. The van der Waals surface area contributed by atoms with Crippen LogP contribution in [-0.4, -0.2) is 17.4 Å². The van der Waals surface area contributed by atoms with Gasteiger partial charge in [0.1, 0.15) is 5.82 Å². The van der Waals surface area contributed by atoms with Crippen molar-refractivity contribution in [3.05, 3.63) is 17.8 Å². The number of primary amides is 1. The van der Waals surface area contributed by atoms with Gasteiger partial charge in [-0.15, -0.1) is 0 Å². The lowest BCUT2D eigenvalue weighted by Crippen LogP contribution is -2.22. The Morgan fingerprint density at radius 3 is 2.62 bits per heavy atom. The lowest BCUT2D eigenvalue weighted by molar-refractivity contribution is 0.100. The summed E-state index contributed by atoms with van der Waals surface area (Å²) in [4.78, 5) is 15.3. The number of anilines is 2. The molecule has 5 heteroatoms. The maximum Gasteiger partial charge on any atom is 0.252 e. The topological polar surface area (TPSA) is 94.0 Å². The monoisotopic (exact) mass is 222 g/mol. The second-order valence-corrected chi connectivity index (χ2v) is 4.94. The van der Waals surface area contributed by atoms with Gasteiger partial charge in [-0.1, -0.05) is 20.8 Å². The molecule has 0 saturated carbocycles. The van der Waals surface area contributed by atoms with Crippen LogP contribution < -0.4 is 16.8 Å². The van der Waals surface area contributed by atoms with E-state index in [0.29, 0.717) is 23.6 Å². The molecule has 5 N–H and O–H groups in total. The maximum absolute atomic E-state index is 11.2. The second kappa shape index (κ2) is 4.38. The number of rotatable bonds is 3. The number of nitrogens with two attached hydrogens (primary N) is 2. The van der Waals surface area contributed by atoms with Crippen LogP contribution in [0.5, 0.6) is 0 Å². The summed E-state index contributed by atoms with van der Waals surface area (Å²) in [5, 5.41) is 3.09. The predicted molar refractivity (Wildman–Crippen MR) is 65.1 cm³/mol. The molecule has 1 rings (SSSR count). The van der Waals surface area contributed by atoms with Gasteiger partial charge >= 0.3 is 0 Å². The number of carbonyl (C=O) groups is 1. The fourth-order valence-corrected chi connectivity index (χ4v) is 1.16. The highest BCUT2D eigenvalue weighted by Gasteiger charge is 2.14. The van der Waals surface area contributed by atoms with E-state index in [1.807, 2.05) is 0 Å². The molecular weight excluding hydrogens is 204 g/mol. The van der Waals surface area contributed by atoms with E-state index in [9.17, 15) is 4.79 Å². The predicted octanol–water partition coefficient (Wildman–Crippen LogP) is 1.22. The molecule has 1 amide bonds. The molecule has 0 aliphatic heterocycles. The average molecular weight is 222 g/mol. The van der Waals surface area contributed by atoms with E-state index in [1.165, 1.54) is 12.3 Å². The zero-order chi connectivity index (χ0) is 12.3. The van der Waals surface area contributed by atoms with Gasteiger partial charge in [0.25, 0.3) is 5.91 Å². The van der Waals surface area contributed by atoms with Crippen molar-refractivity contribution in [1.29, 1.82) is 0 Å². The third-order valence-corrected chi connectivity index (χ3v) is 1.96. The zero-order valence-corrected chi connectivity index (χ0v) is 9.87. The summed E-state index contributed by atoms with van der Waals surface area (Å²) in [6, 6.07) is 1.53. The normalized spacial score (nSPS) is 11.2. The Balaban J connectivity index is 2.91. The van der Waals surface area contributed by atoms with Gasteiger partial charge in [-0.2, -0.15) is 0 Å². The fraction of sp³-hybridized carbons (Fsp3) is 0.455. The SMILES string of the molecule is CC(C)(C)CNc1ncc(N)cc1C(N)=O. The minimum atomic E-state index is -0.531. The molecular formula is C11H18N4O. The summed E-state index contributed by atoms with van der Waals surface area (Å²) in [6.45, 7) is 6.95. The van der Waals surface area contributed by atoms with E-state index in [2.05, 4.69) is 31.1 Å². The minimum absolute atomic E-state index is 0.0952. The lowest BCUT2D eigenvalue weighted by atomic mass is 9.97. The summed E-state index contributed by atoms with van der Waals surface area (Å²) in [5.41, 5.74) is 11.6. The van der Waals surface area contributed by atoms with Crippen molar-refractivity contribution in [3.63, 3.8) is 0 Å². The number of amides is 1. The van der Waals surface area contributed by atoms with Crippen molar-refractivity contribution in [3.8, 4) is 0 Å². The number of nitrogens with zero attached hydrogens (tertiary/aromatic N) is 1. The number of nitrogens with one attached hydrogen (secondary N) is 1. The van der Waals surface area contributed by atoms with E-state index in [4.69, 9.17) is 11.5 Å². The van der Waals surface area contributed by atoms with Crippen molar-refractivity contribution in [2.75, 3.05) is 17.6 Å². The van der Waals surface area contributed by atoms with Gasteiger partial charge in [0.2, 0.25) is 0 Å². The molecule has 0 radical (unpaired) electrons. The summed E-state index contributed by atoms with van der Waals surface area (Å²) in [7, 11) is 0. The molecule has 88 valence electrons. The number of aromatic nitrogens is 1. The van der Waals surface area contributed by atoms with Gasteiger partial charge in [-0.3, -0.25) is 4.79 Å². The van der Waals surface area contributed by atoms with Crippen LogP contribution >= 0.6 is 0 Å². The Morgan fingerprint density at radius 2 is 2.12 bits per heavy atom. The molecule has 0 fully saturated rings. The van der Waals surface area contributed by atoms with Crippen LogP contribution in [0.4, 0.5) is 11.5 Å². The third kappa shape index (κ3) is 3.42. The molecule has 1 aromatic rings. The maximum atomic E-state index is 11.2. The summed E-state index contributed by atoms with van der Waals surface area (Å²) < 4.78 is 0. The Bertz CT molecular complexity index is 395. The van der Waals surface area contributed by atoms with Gasteiger partial charge in [0, 0.05) is 6.54 Å². The van der Waals surface area contributed by atoms with Gasteiger partial charge in [0.05, 0.1) is 17.4 Å². The molecule has 1 heterocycles. The molecule has 0 unspecified atom stereocenters. The number of nitrogen functional groups attached to an aromatic ring is 1. The zero-order valence-electron chi connectivity index (χ0n) is 9.87. The van der Waals surface area contributed by atoms with Crippen molar-refractivity contribution >= 4 is 17.4 Å². The lowest BCUT2D eigenvalue weighted by Gasteiger charge is -2.20. The molecule has 0 aliphatic rings. The van der Waals surface area contributed by atoms with Crippen LogP contribution in [0.15, 0.2) is 12.3 Å². The Kier molecular flexibility index (Phi) is 3.37. The molecule has 0 aromatic carbocycles. The fourth-order valence-electron chi connectivity index (χ4n) is 1.16.